The van der Waals surface area contributed by atoms with Crippen molar-refractivity contribution in [2.45, 2.75) is 65.7 Å². The lowest BCUT2D eigenvalue weighted by molar-refractivity contribution is -0.127. The van der Waals surface area contributed by atoms with E-state index in [-0.39, 0.29) is 11.8 Å². The van der Waals surface area contributed by atoms with E-state index in [1.54, 1.807) is 6.08 Å². The number of ether oxygens (including phenoxy) is 1. The maximum atomic E-state index is 12.6. The molecule has 172 valence electrons. The van der Waals surface area contributed by atoms with Crippen LogP contribution < -0.4 is 10.1 Å². The fourth-order valence-corrected chi connectivity index (χ4v) is 4.91. The van der Waals surface area contributed by atoms with E-state index >= 15 is 0 Å². The quantitative estimate of drug-likeness (QED) is 0.485. The normalized spacial score (nSPS) is 16.5. The van der Waals surface area contributed by atoms with E-state index in [4.69, 9.17) is 9.15 Å². The van der Waals surface area contributed by atoms with Gasteiger partial charge in [-0.15, -0.1) is 0 Å². The number of rotatable bonds is 8. The van der Waals surface area contributed by atoms with E-state index in [0.717, 1.165) is 71.4 Å². The zero-order valence-electron chi connectivity index (χ0n) is 19.5. The van der Waals surface area contributed by atoms with Crippen LogP contribution in [0.5, 0.6) is 5.75 Å². The van der Waals surface area contributed by atoms with Crippen molar-refractivity contribution < 1.29 is 18.7 Å². The molecule has 1 saturated heterocycles. The Kier molecular flexibility index (Phi) is 6.87. The highest BCUT2D eigenvalue weighted by Crippen LogP contribution is 2.41. The van der Waals surface area contributed by atoms with Gasteiger partial charge in [-0.1, -0.05) is 0 Å². The van der Waals surface area contributed by atoms with Crippen LogP contribution in [0.3, 0.4) is 0 Å². The van der Waals surface area contributed by atoms with Crippen molar-refractivity contribution in [3.05, 3.63) is 34.6 Å². The second kappa shape index (κ2) is 9.80. The van der Waals surface area contributed by atoms with Gasteiger partial charge in [-0.05, 0) is 64.5 Å². The molecule has 1 aromatic carbocycles. The number of carbonyl (C=O) groups is 2. The Hall–Kier alpha value is -2.76. The number of nitrogens with one attached hydrogen (secondary N) is 1. The predicted molar refractivity (Wildman–Crippen MR) is 126 cm³/mol. The van der Waals surface area contributed by atoms with Gasteiger partial charge in [0.1, 0.15) is 17.1 Å². The Balaban J connectivity index is 1.51. The number of benzene rings is 1. The molecule has 2 heterocycles. The number of allylic oxidation sites excluding steroid dienone is 1. The van der Waals surface area contributed by atoms with Crippen molar-refractivity contribution >= 4 is 28.4 Å². The first kappa shape index (κ1) is 22.4. The van der Waals surface area contributed by atoms with E-state index in [2.05, 4.69) is 11.4 Å². The molecule has 1 aliphatic carbocycles. The zero-order chi connectivity index (χ0) is 22.7. The van der Waals surface area contributed by atoms with Crippen molar-refractivity contribution in [2.24, 2.45) is 0 Å². The maximum absolute atomic E-state index is 12.6. The van der Waals surface area contributed by atoms with Gasteiger partial charge in [0.05, 0.1) is 6.61 Å². The van der Waals surface area contributed by atoms with Crippen LogP contribution in [0.4, 0.5) is 0 Å². The van der Waals surface area contributed by atoms with E-state index in [1.807, 2.05) is 25.7 Å². The third-order valence-electron chi connectivity index (χ3n) is 6.56. The van der Waals surface area contributed by atoms with E-state index < -0.39 is 0 Å². The first-order chi connectivity index (χ1) is 15.5. The van der Waals surface area contributed by atoms with E-state index in [9.17, 15) is 9.59 Å². The van der Waals surface area contributed by atoms with Crippen molar-refractivity contribution in [3.8, 4) is 5.75 Å². The molecule has 0 unspecified atom stereocenters. The minimum absolute atomic E-state index is 0.121. The van der Waals surface area contributed by atoms with Gasteiger partial charge in [-0.25, -0.2) is 0 Å². The van der Waals surface area contributed by atoms with Crippen LogP contribution in [0.15, 0.2) is 16.6 Å². The number of carbonyl (C=O) groups excluding carboxylic acids is 2. The Morgan fingerprint density at radius 1 is 1.25 bits per heavy atom. The molecule has 1 N–H and O–H groups in total. The summed E-state index contributed by atoms with van der Waals surface area (Å²) in [6.45, 7) is 8.62. The van der Waals surface area contributed by atoms with Crippen LogP contribution in [-0.2, 0) is 22.4 Å². The third kappa shape index (κ3) is 4.54. The minimum atomic E-state index is -0.121. The second-order valence-corrected chi connectivity index (χ2v) is 8.86. The number of hydrogen-bond donors (Lipinski definition) is 1. The van der Waals surface area contributed by atoms with Crippen LogP contribution in [0.25, 0.3) is 16.5 Å². The largest absolute Gasteiger partial charge is 0.493 e. The molecule has 2 amide bonds. The molecule has 0 bridgehead atoms. The molecule has 4 rings (SSSR count). The monoisotopic (exact) mass is 438 g/mol. The number of fused-ring (bicyclic) bond motifs is 3. The van der Waals surface area contributed by atoms with Gasteiger partial charge in [0.2, 0.25) is 11.8 Å². The molecule has 6 heteroatoms. The average Bonchev–Trinajstić information content (AvgIpc) is 3.36. The highest BCUT2D eigenvalue weighted by atomic mass is 16.5. The minimum Gasteiger partial charge on any atom is -0.493 e. The summed E-state index contributed by atoms with van der Waals surface area (Å²) in [6, 6.07) is 2.14. The van der Waals surface area contributed by atoms with Gasteiger partial charge in [0.15, 0.2) is 0 Å². The molecule has 6 nitrogen and oxygen atoms in total. The summed E-state index contributed by atoms with van der Waals surface area (Å²) in [7, 11) is 0. The molecule has 1 aliphatic heterocycles. The molecule has 1 fully saturated rings. The van der Waals surface area contributed by atoms with Crippen LogP contribution in [0.1, 0.15) is 68.4 Å². The molecule has 1 aromatic heterocycles. The lowest BCUT2D eigenvalue weighted by Crippen LogP contribution is -2.30. The lowest BCUT2D eigenvalue weighted by atomic mass is 9.93. The standard InChI is InChI=1S/C26H34N2O4/c1-4-31-25-18(3)26-21(19-9-5-6-10-22(19)32-26)16-20(25)17(2)15-23(29)27-12-8-14-28-13-7-11-24(28)30/h15-16H,4-14H2,1-3H3,(H,27,29)/b17-15+. The Bertz CT molecular complexity index is 1050. The topological polar surface area (TPSA) is 71.8 Å². The van der Waals surface area contributed by atoms with E-state index in [1.165, 1.54) is 18.4 Å². The van der Waals surface area contributed by atoms with Gasteiger partial charge in [0.25, 0.3) is 0 Å². The first-order valence-corrected chi connectivity index (χ1v) is 11.9. The predicted octanol–water partition coefficient (Wildman–Crippen LogP) is 4.55. The highest BCUT2D eigenvalue weighted by molar-refractivity contribution is 5.98. The van der Waals surface area contributed by atoms with Crippen molar-refractivity contribution in [3.63, 3.8) is 0 Å². The smallest absolute Gasteiger partial charge is 0.244 e. The fourth-order valence-electron chi connectivity index (χ4n) is 4.91. The summed E-state index contributed by atoms with van der Waals surface area (Å²) in [5, 5.41) is 4.11. The van der Waals surface area contributed by atoms with Crippen LogP contribution in [-0.4, -0.2) is 43.0 Å². The molecule has 0 spiro atoms. The molecular formula is C26H34N2O4. The van der Waals surface area contributed by atoms with Crippen LogP contribution in [0.2, 0.25) is 0 Å². The lowest BCUT2D eigenvalue weighted by Gasteiger charge is -2.16. The molecular weight excluding hydrogens is 404 g/mol. The van der Waals surface area contributed by atoms with Gasteiger partial charge in [0, 0.05) is 60.6 Å². The summed E-state index contributed by atoms with van der Waals surface area (Å²) in [4.78, 5) is 26.1. The van der Waals surface area contributed by atoms with Gasteiger partial charge in [-0.3, -0.25) is 9.59 Å². The SMILES string of the molecule is CCOc1c(/C(C)=C/C(=O)NCCCN2CCCC2=O)cc2c3c(oc2c1C)CCCC3. The summed E-state index contributed by atoms with van der Waals surface area (Å²) in [5.74, 6) is 2.00. The number of nitrogens with zero attached hydrogens (tertiary/aromatic N) is 1. The third-order valence-corrected chi connectivity index (χ3v) is 6.56. The van der Waals surface area contributed by atoms with Crippen molar-refractivity contribution in [1.29, 1.82) is 0 Å². The van der Waals surface area contributed by atoms with Gasteiger partial charge >= 0.3 is 0 Å². The zero-order valence-corrected chi connectivity index (χ0v) is 19.5. The van der Waals surface area contributed by atoms with Crippen molar-refractivity contribution in [2.75, 3.05) is 26.2 Å². The van der Waals surface area contributed by atoms with Crippen LogP contribution >= 0.6 is 0 Å². The van der Waals surface area contributed by atoms with Gasteiger partial charge in [-0.2, -0.15) is 0 Å². The summed E-state index contributed by atoms with van der Waals surface area (Å²) in [5.41, 5.74) is 5.04. The number of amides is 2. The number of hydrogen-bond acceptors (Lipinski definition) is 4. The Morgan fingerprint density at radius 3 is 2.81 bits per heavy atom. The molecule has 2 aromatic rings. The summed E-state index contributed by atoms with van der Waals surface area (Å²) in [6.07, 6.45) is 8.39. The van der Waals surface area contributed by atoms with Gasteiger partial charge < -0.3 is 19.4 Å². The molecule has 0 radical (unpaired) electrons. The fraction of sp³-hybridized carbons (Fsp3) is 0.538. The second-order valence-electron chi connectivity index (χ2n) is 8.86. The number of furan rings is 1. The number of aryl methyl sites for hydroxylation is 3. The molecule has 32 heavy (non-hydrogen) atoms. The maximum Gasteiger partial charge on any atom is 0.244 e. The van der Waals surface area contributed by atoms with Crippen LogP contribution in [0, 0.1) is 6.92 Å². The average molecular weight is 439 g/mol. The Labute approximate surface area is 190 Å². The van der Waals surface area contributed by atoms with E-state index in [0.29, 0.717) is 26.1 Å². The molecule has 0 atom stereocenters. The molecule has 0 saturated carbocycles. The summed E-state index contributed by atoms with van der Waals surface area (Å²) >= 11 is 0. The molecule has 2 aliphatic rings. The summed E-state index contributed by atoms with van der Waals surface area (Å²) < 4.78 is 12.2. The number of likely N-dealkylation sites (tertiary alicyclic amines) is 1. The first-order valence-electron chi connectivity index (χ1n) is 11.9. The highest BCUT2D eigenvalue weighted by Gasteiger charge is 2.23. The Morgan fingerprint density at radius 2 is 2.06 bits per heavy atom. The van der Waals surface area contributed by atoms with Crippen molar-refractivity contribution in [1.82, 2.24) is 10.2 Å².